The minimum Gasteiger partial charge on any atom is -0.497 e. The highest BCUT2D eigenvalue weighted by atomic mass is 19.1. The van der Waals surface area contributed by atoms with Gasteiger partial charge >= 0.3 is 0 Å². The molecule has 1 amide bonds. The first-order valence-electron chi connectivity index (χ1n) is 8.86. The number of halogens is 1. The second-order valence-corrected chi connectivity index (χ2v) is 6.27. The van der Waals surface area contributed by atoms with Crippen molar-refractivity contribution >= 4 is 11.6 Å². The van der Waals surface area contributed by atoms with Crippen LogP contribution in [0.2, 0.25) is 0 Å². The maximum atomic E-state index is 13.0. The molecule has 6 nitrogen and oxygen atoms in total. The highest BCUT2D eigenvalue weighted by Gasteiger charge is 2.10. The van der Waals surface area contributed by atoms with Crippen molar-refractivity contribution in [1.29, 1.82) is 0 Å². The number of hydrogen-bond acceptors (Lipinski definition) is 4. The lowest BCUT2D eigenvalue weighted by molar-refractivity contribution is 0.102. The molecular formula is C22H17FN4O2. The Balaban J connectivity index is 1.53. The normalized spacial score (nSPS) is 10.6. The highest BCUT2D eigenvalue weighted by molar-refractivity contribution is 6.04. The van der Waals surface area contributed by atoms with Crippen LogP contribution in [0.15, 0.2) is 79.0 Å². The van der Waals surface area contributed by atoms with Crippen molar-refractivity contribution in [2.45, 2.75) is 0 Å². The second kappa shape index (κ2) is 7.93. The number of methoxy groups -OCH3 is 1. The fourth-order valence-electron chi connectivity index (χ4n) is 2.87. The number of rotatable bonds is 5. The third-order valence-corrected chi connectivity index (χ3v) is 4.41. The number of amides is 1. The number of nitrogens with zero attached hydrogens (tertiary/aromatic N) is 3. The third-order valence-electron chi connectivity index (χ3n) is 4.41. The molecule has 29 heavy (non-hydrogen) atoms. The van der Waals surface area contributed by atoms with Crippen LogP contribution in [0.3, 0.4) is 0 Å². The molecule has 0 aliphatic carbocycles. The molecule has 0 saturated carbocycles. The number of hydrogen-bond donors (Lipinski definition) is 1. The molecule has 0 unspecified atom stereocenters. The minimum atomic E-state index is -0.383. The van der Waals surface area contributed by atoms with Gasteiger partial charge in [0, 0.05) is 16.8 Å². The van der Waals surface area contributed by atoms with Crippen molar-refractivity contribution in [3.63, 3.8) is 0 Å². The second-order valence-electron chi connectivity index (χ2n) is 6.27. The monoisotopic (exact) mass is 388 g/mol. The quantitative estimate of drug-likeness (QED) is 0.552. The van der Waals surface area contributed by atoms with Gasteiger partial charge in [-0.3, -0.25) is 4.79 Å². The molecule has 0 saturated heterocycles. The Morgan fingerprint density at radius 1 is 0.966 bits per heavy atom. The average molecular weight is 388 g/mol. The Hall–Kier alpha value is -4.00. The van der Waals surface area contributed by atoms with Crippen LogP contribution >= 0.6 is 0 Å². The first-order chi connectivity index (χ1) is 14.1. The van der Waals surface area contributed by atoms with E-state index in [9.17, 15) is 9.18 Å². The maximum absolute atomic E-state index is 13.0. The largest absolute Gasteiger partial charge is 0.497 e. The number of carbonyl (C=O) groups excluding carboxylic acids is 1. The maximum Gasteiger partial charge on any atom is 0.255 e. The van der Waals surface area contributed by atoms with Gasteiger partial charge in [-0.2, -0.15) is 0 Å². The van der Waals surface area contributed by atoms with Crippen molar-refractivity contribution < 1.29 is 13.9 Å². The molecular weight excluding hydrogens is 371 g/mol. The topological polar surface area (TPSA) is 69.0 Å². The summed E-state index contributed by atoms with van der Waals surface area (Å²) in [5.41, 5.74) is 3.58. The van der Waals surface area contributed by atoms with Crippen molar-refractivity contribution in [3.8, 4) is 22.7 Å². The minimum absolute atomic E-state index is 0.308. The van der Waals surface area contributed by atoms with Crippen molar-refractivity contribution in [2.75, 3.05) is 12.4 Å². The summed E-state index contributed by atoms with van der Waals surface area (Å²) in [5.74, 6) is 0.0813. The Morgan fingerprint density at radius 2 is 1.66 bits per heavy atom. The zero-order chi connectivity index (χ0) is 20.2. The van der Waals surface area contributed by atoms with E-state index in [-0.39, 0.29) is 11.7 Å². The average Bonchev–Trinajstić information content (AvgIpc) is 3.24. The van der Waals surface area contributed by atoms with Gasteiger partial charge in [-0.25, -0.2) is 9.07 Å². The molecule has 0 aliphatic heterocycles. The predicted octanol–water partition coefficient (Wildman–Crippen LogP) is 4.33. The van der Waals surface area contributed by atoms with Crippen LogP contribution in [0.5, 0.6) is 5.75 Å². The molecule has 4 rings (SSSR count). The van der Waals surface area contributed by atoms with Gasteiger partial charge in [0.15, 0.2) is 0 Å². The lowest BCUT2D eigenvalue weighted by atomic mass is 10.1. The number of nitrogens with one attached hydrogen (secondary N) is 1. The molecule has 0 aliphatic rings. The van der Waals surface area contributed by atoms with Gasteiger partial charge in [0.1, 0.15) is 11.6 Å². The molecule has 0 radical (unpaired) electrons. The van der Waals surface area contributed by atoms with Gasteiger partial charge in [-0.15, -0.1) is 5.10 Å². The summed E-state index contributed by atoms with van der Waals surface area (Å²) in [6.45, 7) is 0. The third kappa shape index (κ3) is 3.98. The van der Waals surface area contributed by atoms with Crippen LogP contribution in [0.25, 0.3) is 16.9 Å². The molecule has 0 atom stereocenters. The first kappa shape index (κ1) is 18.4. The number of benzene rings is 3. The van der Waals surface area contributed by atoms with E-state index >= 15 is 0 Å². The summed E-state index contributed by atoms with van der Waals surface area (Å²) in [5, 5.41) is 11.0. The van der Waals surface area contributed by atoms with E-state index < -0.39 is 0 Å². The molecule has 3 aromatic carbocycles. The van der Waals surface area contributed by atoms with Crippen LogP contribution in [-0.4, -0.2) is 28.0 Å². The van der Waals surface area contributed by atoms with Gasteiger partial charge in [-0.1, -0.05) is 5.21 Å². The summed E-state index contributed by atoms with van der Waals surface area (Å²) in [4.78, 5) is 12.3. The molecule has 7 heteroatoms. The lowest BCUT2D eigenvalue weighted by Gasteiger charge is -2.09. The molecule has 1 N–H and O–H groups in total. The van der Waals surface area contributed by atoms with Crippen LogP contribution < -0.4 is 10.1 Å². The molecule has 0 fully saturated rings. The summed E-state index contributed by atoms with van der Waals surface area (Å²) in [7, 11) is 1.62. The van der Waals surface area contributed by atoms with Gasteiger partial charge in [-0.05, 0) is 72.8 Å². The zero-order valence-electron chi connectivity index (χ0n) is 15.5. The van der Waals surface area contributed by atoms with Crippen LogP contribution in [0.1, 0.15) is 10.4 Å². The number of aromatic nitrogens is 3. The van der Waals surface area contributed by atoms with E-state index in [1.54, 1.807) is 30.1 Å². The molecule has 1 heterocycles. The van der Waals surface area contributed by atoms with E-state index in [0.717, 1.165) is 22.7 Å². The van der Waals surface area contributed by atoms with Crippen LogP contribution in [0, 0.1) is 5.82 Å². The summed E-state index contributed by atoms with van der Waals surface area (Å²) < 4.78 is 19.9. The van der Waals surface area contributed by atoms with Gasteiger partial charge in [0.25, 0.3) is 5.91 Å². The summed E-state index contributed by atoms with van der Waals surface area (Å²) in [6.07, 6.45) is 1.69. The molecule has 0 bridgehead atoms. The van der Waals surface area contributed by atoms with E-state index in [0.29, 0.717) is 11.3 Å². The standard InChI is InChI=1S/C22H17FN4O2/c1-29-20-12-4-15(5-13-20)21-14-24-26-27(21)19-10-8-18(9-11-19)25-22(28)16-2-6-17(23)7-3-16/h2-14H,1H3,(H,25,28). The van der Waals surface area contributed by atoms with Crippen molar-refractivity contribution in [1.82, 2.24) is 15.0 Å². The van der Waals surface area contributed by atoms with E-state index in [1.807, 2.05) is 36.4 Å². The summed E-state index contributed by atoms with van der Waals surface area (Å²) in [6, 6.07) is 20.2. The first-order valence-corrected chi connectivity index (χ1v) is 8.86. The van der Waals surface area contributed by atoms with Gasteiger partial charge in [0.05, 0.1) is 24.7 Å². The lowest BCUT2D eigenvalue weighted by Crippen LogP contribution is -2.11. The Kier molecular flexibility index (Phi) is 5.03. The fraction of sp³-hybridized carbons (Fsp3) is 0.0455. The highest BCUT2D eigenvalue weighted by Crippen LogP contribution is 2.24. The molecule has 1 aromatic heterocycles. The number of ether oxygens (including phenoxy) is 1. The number of carbonyl (C=O) groups is 1. The van der Waals surface area contributed by atoms with Crippen LogP contribution in [-0.2, 0) is 0 Å². The SMILES string of the molecule is COc1ccc(-c2cnnn2-c2ccc(NC(=O)c3ccc(F)cc3)cc2)cc1. The zero-order valence-corrected chi connectivity index (χ0v) is 15.5. The number of anilines is 1. The molecule has 0 spiro atoms. The Labute approximate surface area is 166 Å². The van der Waals surface area contributed by atoms with E-state index in [1.165, 1.54) is 24.3 Å². The van der Waals surface area contributed by atoms with E-state index in [4.69, 9.17) is 4.74 Å². The van der Waals surface area contributed by atoms with E-state index in [2.05, 4.69) is 15.6 Å². The van der Waals surface area contributed by atoms with Crippen molar-refractivity contribution in [2.24, 2.45) is 0 Å². The van der Waals surface area contributed by atoms with Gasteiger partial charge in [0.2, 0.25) is 0 Å². The fourth-order valence-corrected chi connectivity index (χ4v) is 2.87. The summed E-state index contributed by atoms with van der Waals surface area (Å²) >= 11 is 0. The Bertz CT molecular complexity index is 1120. The predicted molar refractivity (Wildman–Crippen MR) is 108 cm³/mol. The van der Waals surface area contributed by atoms with Gasteiger partial charge < -0.3 is 10.1 Å². The smallest absolute Gasteiger partial charge is 0.255 e. The van der Waals surface area contributed by atoms with Crippen LogP contribution in [0.4, 0.5) is 10.1 Å². The molecule has 144 valence electrons. The molecule has 4 aromatic rings. The Morgan fingerprint density at radius 3 is 2.31 bits per heavy atom. The van der Waals surface area contributed by atoms with Crippen molar-refractivity contribution in [3.05, 3.63) is 90.4 Å².